The Labute approximate surface area is 141 Å². The van der Waals surface area contributed by atoms with Crippen LogP contribution >= 0.6 is 23.2 Å². The van der Waals surface area contributed by atoms with Gasteiger partial charge in [-0.1, -0.05) is 35.3 Å². The van der Waals surface area contributed by atoms with Gasteiger partial charge in [0.1, 0.15) is 0 Å². The highest BCUT2D eigenvalue weighted by Gasteiger charge is 2.25. The molecule has 2 heterocycles. The number of piperazine rings is 1. The quantitative estimate of drug-likeness (QED) is 0.927. The van der Waals surface area contributed by atoms with Gasteiger partial charge in [-0.3, -0.25) is 9.88 Å². The van der Waals surface area contributed by atoms with Crippen molar-refractivity contribution < 1.29 is 0 Å². The first-order valence-electron chi connectivity index (χ1n) is 7.48. The summed E-state index contributed by atoms with van der Waals surface area (Å²) in [7, 11) is 0. The Morgan fingerprint density at radius 1 is 1.09 bits per heavy atom. The van der Waals surface area contributed by atoms with Gasteiger partial charge < -0.3 is 5.32 Å². The van der Waals surface area contributed by atoms with Crippen molar-refractivity contribution in [2.24, 2.45) is 0 Å². The molecule has 3 rings (SSSR count). The topological polar surface area (TPSA) is 28.2 Å². The number of pyridine rings is 1. The second-order valence-electron chi connectivity index (χ2n) is 5.57. The van der Waals surface area contributed by atoms with E-state index < -0.39 is 0 Å². The Kier molecular flexibility index (Phi) is 4.99. The second kappa shape index (κ2) is 6.97. The third kappa shape index (κ3) is 3.44. The van der Waals surface area contributed by atoms with Crippen LogP contribution in [0.5, 0.6) is 0 Å². The van der Waals surface area contributed by atoms with Crippen molar-refractivity contribution in [1.29, 1.82) is 0 Å². The lowest BCUT2D eigenvalue weighted by molar-refractivity contribution is 0.195. The monoisotopic (exact) mass is 335 g/mol. The molecule has 0 spiro atoms. The first-order chi connectivity index (χ1) is 10.6. The van der Waals surface area contributed by atoms with Crippen molar-refractivity contribution in [2.75, 3.05) is 26.2 Å². The van der Waals surface area contributed by atoms with Crippen LogP contribution in [0.4, 0.5) is 0 Å². The summed E-state index contributed by atoms with van der Waals surface area (Å²) in [5.41, 5.74) is 3.22. The number of hydrogen-bond acceptors (Lipinski definition) is 3. The van der Waals surface area contributed by atoms with Crippen LogP contribution in [0.3, 0.4) is 0 Å². The second-order valence-corrected chi connectivity index (χ2v) is 6.38. The SMILES string of the molecule is Cc1cccc(C(c2ccc(Cl)c(Cl)c2)N2CCNCC2)n1. The van der Waals surface area contributed by atoms with E-state index in [-0.39, 0.29) is 6.04 Å². The van der Waals surface area contributed by atoms with Crippen LogP contribution in [0.25, 0.3) is 0 Å². The van der Waals surface area contributed by atoms with Crippen LogP contribution in [0.15, 0.2) is 36.4 Å². The Hall–Kier alpha value is -1.13. The third-order valence-corrected chi connectivity index (χ3v) is 4.71. The van der Waals surface area contributed by atoms with Crippen LogP contribution in [-0.4, -0.2) is 36.1 Å². The largest absolute Gasteiger partial charge is 0.314 e. The zero-order chi connectivity index (χ0) is 15.5. The number of hydrogen-bond donors (Lipinski definition) is 1. The van der Waals surface area contributed by atoms with Crippen molar-refractivity contribution >= 4 is 23.2 Å². The molecule has 0 bridgehead atoms. The predicted molar refractivity (Wildman–Crippen MR) is 91.7 cm³/mol. The molecule has 0 radical (unpaired) electrons. The predicted octanol–water partition coefficient (Wildman–Crippen LogP) is 3.69. The fourth-order valence-corrected chi connectivity index (χ4v) is 3.21. The summed E-state index contributed by atoms with van der Waals surface area (Å²) >= 11 is 12.3. The number of halogens is 2. The highest BCUT2D eigenvalue weighted by Crippen LogP contribution is 2.32. The fourth-order valence-electron chi connectivity index (χ4n) is 2.91. The highest BCUT2D eigenvalue weighted by atomic mass is 35.5. The van der Waals surface area contributed by atoms with E-state index in [1.807, 2.05) is 31.2 Å². The summed E-state index contributed by atoms with van der Waals surface area (Å²) in [5.74, 6) is 0. The molecule has 1 aromatic carbocycles. The first-order valence-corrected chi connectivity index (χ1v) is 8.24. The highest BCUT2D eigenvalue weighted by molar-refractivity contribution is 6.42. The van der Waals surface area contributed by atoms with Gasteiger partial charge in [-0.2, -0.15) is 0 Å². The molecule has 0 aliphatic carbocycles. The van der Waals surface area contributed by atoms with Gasteiger partial charge in [-0.25, -0.2) is 0 Å². The molecule has 1 aromatic heterocycles. The molecule has 1 aliphatic heterocycles. The Balaban J connectivity index is 2.03. The molecule has 1 saturated heterocycles. The fraction of sp³-hybridized carbons (Fsp3) is 0.353. The van der Waals surface area contributed by atoms with Gasteiger partial charge in [0.2, 0.25) is 0 Å². The molecule has 1 unspecified atom stereocenters. The average molecular weight is 336 g/mol. The van der Waals surface area contributed by atoms with Gasteiger partial charge in [-0.15, -0.1) is 0 Å². The molecule has 0 saturated carbocycles. The average Bonchev–Trinajstić information content (AvgIpc) is 2.52. The zero-order valence-electron chi connectivity index (χ0n) is 12.5. The number of benzene rings is 1. The van der Waals surface area contributed by atoms with E-state index in [9.17, 15) is 0 Å². The van der Waals surface area contributed by atoms with Crippen molar-refractivity contribution in [1.82, 2.24) is 15.2 Å². The summed E-state index contributed by atoms with van der Waals surface area (Å²) < 4.78 is 0. The smallest absolute Gasteiger partial charge is 0.0777 e. The third-order valence-electron chi connectivity index (χ3n) is 3.97. The van der Waals surface area contributed by atoms with Crippen molar-refractivity contribution in [2.45, 2.75) is 13.0 Å². The van der Waals surface area contributed by atoms with Crippen LogP contribution in [0, 0.1) is 6.92 Å². The Morgan fingerprint density at radius 3 is 2.55 bits per heavy atom. The number of nitrogens with zero attached hydrogens (tertiary/aromatic N) is 2. The van der Waals surface area contributed by atoms with Crippen molar-refractivity contribution in [3.63, 3.8) is 0 Å². The maximum Gasteiger partial charge on any atom is 0.0777 e. The standard InChI is InChI=1S/C17H19Cl2N3/c1-12-3-2-4-16(21-12)17(22-9-7-20-8-10-22)13-5-6-14(18)15(19)11-13/h2-6,11,17,20H,7-10H2,1H3. The summed E-state index contributed by atoms with van der Waals surface area (Å²) in [4.78, 5) is 7.18. The molecular weight excluding hydrogens is 317 g/mol. The van der Waals surface area contributed by atoms with E-state index in [2.05, 4.69) is 22.3 Å². The number of aryl methyl sites for hydroxylation is 1. The van der Waals surface area contributed by atoms with E-state index >= 15 is 0 Å². The first kappa shape index (κ1) is 15.8. The molecule has 3 nitrogen and oxygen atoms in total. The van der Waals surface area contributed by atoms with E-state index in [1.165, 1.54) is 0 Å². The number of nitrogens with one attached hydrogen (secondary N) is 1. The van der Waals surface area contributed by atoms with E-state index in [0.29, 0.717) is 10.0 Å². The van der Waals surface area contributed by atoms with Gasteiger partial charge in [0, 0.05) is 31.9 Å². The van der Waals surface area contributed by atoms with E-state index in [0.717, 1.165) is 43.1 Å². The molecule has 1 N–H and O–H groups in total. The lowest BCUT2D eigenvalue weighted by Crippen LogP contribution is -2.45. The molecule has 2 aromatic rings. The Bertz CT molecular complexity index is 654. The van der Waals surface area contributed by atoms with Gasteiger partial charge >= 0.3 is 0 Å². The van der Waals surface area contributed by atoms with E-state index in [1.54, 1.807) is 0 Å². The van der Waals surface area contributed by atoms with Crippen LogP contribution < -0.4 is 5.32 Å². The van der Waals surface area contributed by atoms with Gasteiger partial charge in [0.15, 0.2) is 0 Å². The van der Waals surface area contributed by atoms with Crippen LogP contribution in [-0.2, 0) is 0 Å². The molecule has 0 amide bonds. The van der Waals surface area contributed by atoms with E-state index in [4.69, 9.17) is 28.2 Å². The molecule has 5 heteroatoms. The summed E-state index contributed by atoms with van der Waals surface area (Å²) in [6.07, 6.45) is 0. The lowest BCUT2D eigenvalue weighted by atomic mass is 10.00. The molecule has 1 fully saturated rings. The Morgan fingerprint density at radius 2 is 1.86 bits per heavy atom. The number of aromatic nitrogens is 1. The molecule has 22 heavy (non-hydrogen) atoms. The van der Waals surface area contributed by atoms with Crippen LogP contribution in [0.2, 0.25) is 10.0 Å². The molecular formula is C17H19Cl2N3. The molecule has 1 aliphatic rings. The maximum atomic E-state index is 6.23. The number of rotatable bonds is 3. The summed E-state index contributed by atoms with van der Waals surface area (Å²) in [6, 6.07) is 12.1. The minimum atomic E-state index is 0.108. The molecule has 1 atom stereocenters. The minimum absolute atomic E-state index is 0.108. The van der Waals surface area contributed by atoms with Crippen molar-refractivity contribution in [3.8, 4) is 0 Å². The molecule has 116 valence electrons. The van der Waals surface area contributed by atoms with Gasteiger partial charge in [0.05, 0.1) is 21.8 Å². The minimum Gasteiger partial charge on any atom is -0.314 e. The zero-order valence-corrected chi connectivity index (χ0v) is 14.0. The lowest BCUT2D eigenvalue weighted by Gasteiger charge is -2.35. The van der Waals surface area contributed by atoms with Crippen LogP contribution in [0.1, 0.15) is 23.0 Å². The summed E-state index contributed by atoms with van der Waals surface area (Å²) in [5, 5.41) is 4.57. The summed E-state index contributed by atoms with van der Waals surface area (Å²) in [6.45, 7) is 5.97. The maximum absolute atomic E-state index is 6.23. The van der Waals surface area contributed by atoms with Gasteiger partial charge in [0.25, 0.3) is 0 Å². The van der Waals surface area contributed by atoms with Crippen molar-refractivity contribution in [3.05, 3.63) is 63.4 Å². The normalized spacial score (nSPS) is 17.4. The van der Waals surface area contributed by atoms with Gasteiger partial charge in [-0.05, 0) is 36.8 Å².